The fourth-order valence-corrected chi connectivity index (χ4v) is 2.54. The highest BCUT2D eigenvalue weighted by molar-refractivity contribution is 5.29. The minimum atomic E-state index is -0.164. The standard InChI is InChI=1S/C16H16FN/c17-16-7-5-13(6-8-16)11-18-10-9-14-3-1-2-4-15(14)12-18/h1-8H,9-12H2. The molecule has 92 valence electrons. The van der Waals surface area contributed by atoms with E-state index >= 15 is 0 Å². The average Bonchev–Trinajstić information content (AvgIpc) is 2.41. The Hall–Kier alpha value is -1.67. The van der Waals surface area contributed by atoms with Crippen molar-refractivity contribution in [1.82, 2.24) is 4.90 Å². The summed E-state index contributed by atoms with van der Waals surface area (Å²) in [5.74, 6) is -0.164. The van der Waals surface area contributed by atoms with Crippen LogP contribution in [0.4, 0.5) is 4.39 Å². The van der Waals surface area contributed by atoms with Gasteiger partial charge in [0, 0.05) is 19.6 Å². The molecule has 0 atom stereocenters. The first-order valence-corrected chi connectivity index (χ1v) is 6.35. The molecule has 3 rings (SSSR count). The Balaban J connectivity index is 1.71. The molecule has 1 aliphatic heterocycles. The Labute approximate surface area is 107 Å². The minimum absolute atomic E-state index is 0.164. The number of nitrogens with zero attached hydrogens (tertiary/aromatic N) is 1. The third-order valence-electron chi connectivity index (χ3n) is 3.53. The van der Waals surface area contributed by atoms with E-state index in [2.05, 4.69) is 29.2 Å². The normalized spacial score (nSPS) is 15.4. The van der Waals surface area contributed by atoms with Crippen molar-refractivity contribution in [2.24, 2.45) is 0 Å². The molecule has 0 spiro atoms. The van der Waals surface area contributed by atoms with Gasteiger partial charge in [-0.1, -0.05) is 36.4 Å². The predicted octanol–water partition coefficient (Wildman–Crippen LogP) is 3.38. The first kappa shape index (κ1) is 11.4. The van der Waals surface area contributed by atoms with E-state index in [4.69, 9.17) is 0 Å². The first-order valence-electron chi connectivity index (χ1n) is 6.35. The summed E-state index contributed by atoms with van der Waals surface area (Å²) in [5, 5.41) is 0. The van der Waals surface area contributed by atoms with Gasteiger partial charge in [-0.3, -0.25) is 4.90 Å². The summed E-state index contributed by atoms with van der Waals surface area (Å²) in [5.41, 5.74) is 4.06. The lowest BCUT2D eigenvalue weighted by molar-refractivity contribution is 0.245. The molecule has 0 amide bonds. The van der Waals surface area contributed by atoms with Crippen LogP contribution in [0.3, 0.4) is 0 Å². The van der Waals surface area contributed by atoms with Crippen LogP contribution in [0, 0.1) is 5.82 Å². The molecule has 2 aromatic carbocycles. The fourth-order valence-electron chi connectivity index (χ4n) is 2.54. The summed E-state index contributed by atoms with van der Waals surface area (Å²) in [6, 6.07) is 15.4. The Morgan fingerprint density at radius 3 is 2.44 bits per heavy atom. The van der Waals surface area contributed by atoms with Gasteiger partial charge in [0.2, 0.25) is 0 Å². The van der Waals surface area contributed by atoms with Gasteiger partial charge in [0.05, 0.1) is 0 Å². The Morgan fingerprint density at radius 1 is 0.944 bits per heavy atom. The molecule has 2 aromatic rings. The van der Waals surface area contributed by atoms with Crippen molar-refractivity contribution in [1.29, 1.82) is 0 Å². The smallest absolute Gasteiger partial charge is 0.123 e. The van der Waals surface area contributed by atoms with Crippen molar-refractivity contribution in [2.45, 2.75) is 19.5 Å². The first-order chi connectivity index (χ1) is 8.81. The monoisotopic (exact) mass is 241 g/mol. The average molecular weight is 241 g/mol. The third kappa shape index (κ3) is 2.44. The topological polar surface area (TPSA) is 3.24 Å². The van der Waals surface area contributed by atoms with Crippen LogP contribution >= 0.6 is 0 Å². The minimum Gasteiger partial charge on any atom is -0.294 e. The molecule has 1 nitrogen and oxygen atoms in total. The second-order valence-corrected chi connectivity index (χ2v) is 4.86. The molecule has 0 aliphatic carbocycles. The van der Waals surface area contributed by atoms with Crippen molar-refractivity contribution >= 4 is 0 Å². The zero-order chi connectivity index (χ0) is 12.4. The van der Waals surface area contributed by atoms with Crippen LogP contribution in [0.1, 0.15) is 16.7 Å². The molecule has 0 N–H and O–H groups in total. The molecule has 0 aromatic heterocycles. The SMILES string of the molecule is Fc1ccc(CN2CCc3ccccc3C2)cc1. The molecule has 0 fully saturated rings. The molecule has 1 heterocycles. The van der Waals surface area contributed by atoms with Crippen LogP contribution < -0.4 is 0 Å². The summed E-state index contributed by atoms with van der Waals surface area (Å²) in [6.45, 7) is 2.97. The van der Waals surface area contributed by atoms with Crippen molar-refractivity contribution in [3.05, 3.63) is 71.0 Å². The van der Waals surface area contributed by atoms with E-state index in [1.54, 1.807) is 0 Å². The van der Waals surface area contributed by atoms with Crippen LogP contribution in [0.15, 0.2) is 48.5 Å². The quantitative estimate of drug-likeness (QED) is 0.779. The largest absolute Gasteiger partial charge is 0.294 e. The van der Waals surface area contributed by atoms with Crippen molar-refractivity contribution < 1.29 is 4.39 Å². The molecule has 0 saturated heterocycles. The van der Waals surface area contributed by atoms with Crippen molar-refractivity contribution in [3.8, 4) is 0 Å². The van der Waals surface area contributed by atoms with Gasteiger partial charge in [-0.25, -0.2) is 4.39 Å². The van der Waals surface area contributed by atoms with Gasteiger partial charge >= 0.3 is 0 Å². The van der Waals surface area contributed by atoms with Crippen LogP contribution in [-0.2, 0) is 19.5 Å². The van der Waals surface area contributed by atoms with E-state index in [0.29, 0.717) is 0 Å². The van der Waals surface area contributed by atoms with Crippen molar-refractivity contribution in [2.75, 3.05) is 6.54 Å². The molecule has 0 saturated carbocycles. The third-order valence-corrected chi connectivity index (χ3v) is 3.53. The molecule has 0 unspecified atom stereocenters. The second-order valence-electron chi connectivity index (χ2n) is 4.86. The van der Waals surface area contributed by atoms with E-state index in [-0.39, 0.29) is 5.82 Å². The summed E-state index contributed by atoms with van der Waals surface area (Å²) >= 11 is 0. The zero-order valence-electron chi connectivity index (χ0n) is 10.3. The number of fused-ring (bicyclic) bond motifs is 1. The summed E-state index contributed by atoms with van der Waals surface area (Å²) in [4.78, 5) is 2.41. The molecule has 18 heavy (non-hydrogen) atoms. The summed E-state index contributed by atoms with van der Waals surface area (Å²) in [6.07, 6.45) is 1.11. The highest BCUT2D eigenvalue weighted by atomic mass is 19.1. The van der Waals surface area contributed by atoms with E-state index in [0.717, 1.165) is 26.1 Å². The molecule has 0 bridgehead atoms. The van der Waals surface area contributed by atoms with Gasteiger partial charge in [0.15, 0.2) is 0 Å². The second kappa shape index (κ2) is 4.91. The van der Waals surface area contributed by atoms with Gasteiger partial charge in [-0.2, -0.15) is 0 Å². The highest BCUT2D eigenvalue weighted by Crippen LogP contribution is 2.20. The number of hydrogen-bond donors (Lipinski definition) is 0. The van der Waals surface area contributed by atoms with Gasteiger partial charge < -0.3 is 0 Å². The Morgan fingerprint density at radius 2 is 1.67 bits per heavy atom. The van der Waals surface area contributed by atoms with E-state index < -0.39 is 0 Å². The van der Waals surface area contributed by atoms with Gasteiger partial charge in [-0.15, -0.1) is 0 Å². The predicted molar refractivity (Wildman–Crippen MR) is 70.7 cm³/mol. The maximum atomic E-state index is 12.8. The lowest BCUT2D eigenvalue weighted by Gasteiger charge is -2.28. The maximum Gasteiger partial charge on any atom is 0.123 e. The number of hydrogen-bond acceptors (Lipinski definition) is 1. The number of halogens is 1. The lowest BCUT2D eigenvalue weighted by atomic mass is 9.99. The van der Waals surface area contributed by atoms with Crippen LogP contribution in [0.2, 0.25) is 0 Å². The number of rotatable bonds is 2. The van der Waals surface area contributed by atoms with Crippen molar-refractivity contribution in [3.63, 3.8) is 0 Å². The Kier molecular flexibility index (Phi) is 3.11. The molecule has 0 radical (unpaired) electrons. The zero-order valence-corrected chi connectivity index (χ0v) is 10.3. The van der Waals surface area contributed by atoms with Crippen LogP contribution in [-0.4, -0.2) is 11.4 Å². The highest BCUT2D eigenvalue weighted by Gasteiger charge is 2.15. The van der Waals surface area contributed by atoms with Gasteiger partial charge in [-0.05, 0) is 35.2 Å². The molecular formula is C16H16FN. The van der Waals surface area contributed by atoms with E-state index in [9.17, 15) is 4.39 Å². The summed E-state index contributed by atoms with van der Waals surface area (Å²) < 4.78 is 12.8. The van der Waals surface area contributed by atoms with Crippen LogP contribution in [0.5, 0.6) is 0 Å². The Bertz CT molecular complexity index is 533. The summed E-state index contributed by atoms with van der Waals surface area (Å²) in [7, 11) is 0. The maximum absolute atomic E-state index is 12.8. The number of benzene rings is 2. The van der Waals surface area contributed by atoms with E-state index in [1.807, 2.05) is 12.1 Å². The van der Waals surface area contributed by atoms with Gasteiger partial charge in [0.1, 0.15) is 5.82 Å². The molecule has 1 aliphatic rings. The molecule has 2 heteroatoms. The fraction of sp³-hybridized carbons (Fsp3) is 0.250. The van der Waals surface area contributed by atoms with E-state index in [1.165, 1.54) is 28.8 Å². The lowest BCUT2D eigenvalue weighted by Crippen LogP contribution is -2.29. The molecular weight excluding hydrogens is 225 g/mol. The van der Waals surface area contributed by atoms with Crippen LogP contribution in [0.25, 0.3) is 0 Å². The van der Waals surface area contributed by atoms with Gasteiger partial charge in [0.25, 0.3) is 0 Å².